The Bertz CT molecular complexity index is 246. The van der Waals surface area contributed by atoms with Crippen molar-refractivity contribution in [2.45, 2.75) is 55.9 Å². The van der Waals surface area contributed by atoms with Crippen molar-refractivity contribution in [2.75, 3.05) is 19.7 Å². The van der Waals surface area contributed by atoms with Gasteiger partial charge in [-0.15, -0.1) is 0 Å². The first-order valence-electron chi connectivity index (χ1n) is 6.79. The third-order valence-corrected chi connectivity index (χ3v) is 4.65. The average Bonchev–Trinajstić information content (AvgIpc) is 2.38. The quantitative estimate of drug-likeness (QED) is 0.750. The van der Waals surface area contributed by atoms with Gasteiger partial charge in [0.15, 0.2) is 0 Å². The van der Waals surface area contributed by atoms with Gasteiger partial charge in [0.05, 0.1) is 6.10 Å². The highest BCUT2D eigenvalue weighted by atomic mass is 79.9. The molecule has 0 aliphatic carbocycles. The van der Waals surface area contributed by atoms with E-state index in [2.05, 4.69) is 15.9 Å². The molecule has 2 heterocycles. The third kappa shape index (κ3) is 4.25. The van der Waals surface area contributed by atoms with Crippen molar-refractivity contribution in [2.24, 2.45) is 0 Å². The van der Waals surface area contributed by atoms with E-state index in [-0.39, 0.29) is 0 Å². The van der Waals surface area contributed by atoms with Gasteiger partial charge in [0, 0.05) is 30.9 Å². The van der Waals surface area contributed by atoms with Gasteiger partial charge in [-0.3, -0.25) is 4.79 Å². The summed E-state index contributed by atoms with van der Waals surface area (Å²) < 4.78 is 5.65. The summed E-state index contributed by atoms with van der Waals surface area (Å²) in [7, 11) is 0. The number of piperidine rings is 1. The maximum Gasteiger partial charge on any atom is 0.222 e. The maximum absolute atomic E-state index is 12.0. The number of carbonyl (C=O) groups is 1. The van der Waals surface area contributed by atoms with Crippen LogP contribution >= 0.6 is 15.9 Å². The molecule has 0 saturated carbocycles. The van der Waals surface area contributed by atoms with E-state index in [9.17, 15) is 4.79 Å². The van der Waals surface area contributed by atoms with Crippen molar-refractivity contribution in [3.05, 3.63) is 0 Å². The fourth-order valence-corrected chi connectivity index (χ4v) is 2.98. The van der Waals surface area contributed by atoms with Crippen LogP contribution < -0.4 is 0 Å². The van der Waals surface area contributed by atoms with Crippen molar-refractivity contribution < 1.29 is 9.53 Å². The second kappa shape index (κ2) is 6.74. The molecule has 98 valence electrons. The van der Waals surface area contributed by atoms with E-state index in [1.54, 1.807) is 0 Å². The Kier molecular flexibility index (Phi) is 5.29. The van der Waals surface area contributed by atoms with Crippen LogP contribution in [0.3, 0.4) is 0 Å². The van der Waals surface area contributed by atoms with Gasteiger partial charge in [-0.25, -0.2) is 0 Å². The van der Waals surface area contributed by atoms with Crippen LogP contribution in [0.5, 0.6) is 0 Å². The zero-order valence-electron chi connectivity index (χ0n) is 10.4. The summed E-state index contributed by atoms with van der Waals surface area (Å²) in [5.41, 5.74) is 0. The lowest BCUT2D eigenvalue weighted by molar-refractivity contribution is -0.133. The molecule has 0 spiro atoms. The fourth-order valence-electron chi connectivity index (χ4n) is 2.58. The highest BCUT2D eigenvalue weighted by molar-refractivity contribution is 9.09. The number of rotatable bonds is 3. The second-order valence-corrected chi connectivity index (χ2v) is 6.38. The molecule has 0 aromatic rings. The Hall–Kier alpha value is -0.0900. The Morgan fingerprint density at radius 3 is 2.65 bits per heavy atom. The van der Waals surface area contributed by atoms with Gasteiger partial charge >= 0.3 is 0 Å². The monoisotopic (exact) mass is 303 g/mol. The molecule has 0 aromatic carbocycles. The van der Waals surface area contributed by atoms with Gasteiger partial charge in [-0.05, 0) is 38.5 Å². The molecule has 1 unspecified atom stereocenters. The topological polar surface area (TPSA) is 29.5 Å². The van der Waals surface area contributed by atoms with Crippen LogP contribution in [0.2, 0.25) is 0 Å². The minimum absolute atomic E-state index is 0.318. The van der Waals surface area contributed by atoms with Crippen LogP contribution in [0.15, 0.2) is 0 Å². The number of nitrogens with zero attached hydrogens (tertiary/aromatic N) is 1. The first-order chi connectivity index (χ1) is 8.25. The summed E-state index contributed by atoms with van der Waals surface area (Å²) in [5.74, 6) is 0.318. The number of ether oxygens (including phenoxy) is 1. The largest absolute Gasteiger partial charge is 0.378 e. The van der Waals surface area contributed by atoms with Gasteiger partial charge in [0.2, 0.25) is 5.91 Å². The van der Waals surface area contributed by atoms with Gasteiger partial charge in [-0.2, -0.15) is 0 Å². The van der Waals surface area contributed by atoms with E-state index in [1.807, 2.05) is 4.90 Å². The summed E-state index contributed by atoms with van der Waals surface area (Å²) >= 11 is 3.61. The molecule has 3 nitrogen and oxygen atoms in total. The van der Waals surface area contributed by atoms with Crippen molar-refractivity contribution in [3.8, 4) is 0 Å². The predicted octanol–water partition coefficient (Wildman–Crippen LogP) is 2.72. The summed E-state index contributed by atoms with van der Waals surface area (Å²) in [6.45, 7) is 2.72. The molecule has 1 amide bonds. The highest BCUT2D eigenvalue weighted by Gasteiger charge is 2.22. The normalized spacial score (nSPS) is 27.1. The van der Waals surface area contributed by atoms with E-state index < -0.39 is 0 Å². The first kappa shape index (κ1) is 13.3. The molecule has 2 rings (SSSR count). The zero-order valence-corrected chi connectivity index (χ0v) is 12.0. The SMILES string of the molecule is O=C(CCC1CCCCO1)N1CCC(Br)CC1. The molecular formula is C13H22BrNO2. The van der Waals surface area contributed by atoms with Crippen molar-refractivity contribution in [1.29, 1.82) is 0 Å². The summed E-state index contributed by atoms with van der Waals surface area (Å²) in [6.07, 6.45) is 7.66. The van der Waals surface area contributed by atoms with Crippen LogP contribution in [-0.2, 0) is 9.53 Å². The fraction of sp³-hybridized carbons (Fsp3) is 0.923. The number of likely N-dealkylation sites (tertiary alicyclic amines) is 1. The van der Waals surface area contributed by atoms with E-state index in [1.165, 1.54) is 12.8 Å². The van der Waals surface area contributed by atoms with Crippen molar-refractivity contribution in [3.63, 3.8) is 0 Å². The van der Waals surface area contributed by atoms with Gasteiger partial charge in [0.1, 0.15) is 0 Å². The van der Waals surface area contributed by atoms with Crippen LogP contribution in [0.1, 0.15) is 44.9 Å². The standard InChI is InChI=1S/C13H22BrNO2/c14-11-6-8-15(9-7-11)13(16)5-4-12-3-1-2-10-17-12/h11-12H,1-10H2. The molecule has 1 atom stereocenters. The number of amides is 1. The Morgan fingerprint density at radius 1 is 1.24 bits per heavy atom. The van der Waals surface area contributed by atoms with Crippen molar-refractivity contribution >= 4 is 21.8 Å². The molecule has 2 aliphatic heterocycles. The Morgan fingerprint density at radius 2 is 2.00 bits per heavy atom. The van der Waals surface area contributed by atoms with Gasteiger partial charge in [-0.1, -0.05) is 15.9 Å². The van der Waals surface area contributed by atoms with E-state index in [4.69, 9.17) is 4.74 Å². The molecule has 2 aliphatic rings. The number of alkyl halides is 1. The minimum Gasteiger partial charge on any atom is -0.378 e. The van der Waals surface area contributed by atoms with E-state index in [0.29, 0.717) is 23.3 Å². The lowest BCUT2D eigenvalue weighted by Crippen LogP contribution is -2.39. The van der Waals surface area contributed by atoms with Gasteiger partial charge in [0.25, 0.3) is 0 Å². The number of hydrogen-bond acceptors (Lipinski definition) is 2. The summed E-state index contributed by atoms with van der Waals surface area (Å²) in [6, 6.07) is 0. The molecule has 0 radical (unpaired) electrons. The molecule has 2 saturated heterocycles. The Labute approximate surface area is 112 Å². The average molecular weight is 304 g/mol. The lowest BCUT2D eigenvalue weighted by Gasteiger charge is -2.30. The molecule has 4 heteroatoms. The molecule has 0 bridgehead atoms. The third-order valence-electron chi connectivity index (χ3n) is 3.73. The molecule has 2 fully saturated rings. The lowest BCUT2D eigenvalue weighted by atomic mass is 10.0. The number of halogens is 1. The maximum atomic E-state index is 12.0. The van der Waals surface area contributed by atoms with Crippen molar-refractivity contribution in [1.82, 2.24) is 4.90 Å². The molecule has 17 heavy (non-hydrogen) atoms. The first-order valence-corrected chi connectivity index (χ1v) is 7.71. The van der Waals surface area contributed by atoms with E-state index in [0.717, 1.165) is 45.4 Å². The highest BCUT2D eigenvalue weighted by Crippen LogP contribution is 2.20. The number of hydrogen-bond donors (Lipinski definition) is 0. The zero-order chi connectivity index (χ0) is 12.1. The summed E-state index contributed by atoms with van der Waals surface area (Å²) in [5, 5.41) is 0. The molecule has 0 N–H and O–H groups in total. The molecular weight excluding hydrogens is 282 g/mol. The van der Waals surface area contributed by atoms with Gasteiger partial charge < -0.3 is 9.64 Å². The summed E-state index contributed by atoms with van der Waals surface area (Å²) in [4.78, 5) is 14.6. The Balaban J connectivity index is 1.66. The van der Waals surface area contributed by atoms with Crippen LogP contribution in [0.4, 0.5) is 0 Å². The van der Waals surface area contributed by atoms with Crippen LogP contribution in [0, 0.1) is 0 Å². The van der Waals surface area contributed by atoms with Crippen LogP contribution in [-0.4, -0.2) is 41.4 Å². The number of carbonyl (C=O) groups excluding carboxylic acids is 1. The molecule has 0 aromatic heterocycles. The second-order valence-electron chi connectivity index (χ2n) is 5.08. The minimum atomic E-state index is 0.318. The van der Waals surface area contributed by atoms with E-state index >= 15 is 0 Å². The van der Waals surface area contributed by atoms with Crippen LogP contribution in [0.25, 0.3) is 0 Å². The smallest absolute Gasteiger partial charge is 0.222 e. The predicted molar refractivity (Wildman–Crippen MR) is 71.4 cm³/mol.